The molecule has 0 N–H and O–H groups in total. The van der Waals surface area contributed by atoms with Crippen molar-refractivity contribution in [2.45, 2.75) is 0 Å². The average Bonchev–Trinajstić information content (AvgIpc) is 1.90. The van der Waals surface area contributed by atoms with Gasteiger partial charge in [0.15, 0.2) is 0 Å². The van der Waals surface area contributed by atoms with E-state index in [0.29, 0.717) is 5.56 Å². The SMILES string of the molecule is O=C(Cl)c1ccnnc1. The lowest BCUT2D eigenvalue weighted by atomic mass is 10.3. The number of nitrogens with zero attached hydrogens (tertiary/aromatic N) is 2. The van der Waals surface area contributed by atoms with Gasteiger partial charge in [-0.15, -0.1) is 0 Å². The fourth-order valence-corrected chi connectivity index (χ4v) is 0.519. The topological polar surface area (TPSA) is 42.9 Å². The van der Waals surface area contributed by atoms with Gasteiger partial charge >= 0.3 is 0 Å². The quantitative estimate of drug-likeness (QED) is 0.546. The van der Waals surface area contributed by atoms with Crippen molar-refractivity contribution in [2.24, 2.45) is 0 Å². The molecule has 0 amide bonds. The molecule has 1 rings (SSSR count). The molecule has 0 unspecified atom stereocenters. The molecule has 0 aliphatic rings. The van der Waals surface area contributed by atoms with Crippen LogP contribution in [0.25, 0.3) is 0 Å². The van der Waals surface area contributed by atoms with Gasteiger partial charge in [0.25, 0.3) is 5.24 Å². The number of aromatic nitrogens is 2. The highest BCUT2D eigenvalue weighted by molar-refractivity contribution is 6.67. The van der Waals surface area contributed by atoms with Crippen LogP contribution in [0.3, 0.4) is 0 Å². The molecule has 0 atom stereocenters. The summed E-state index contributed by atoms with van der Waals surface area (Å²) < 4.78 is 0. The highest BCUT2D eigenvalue weighted by Gasteiger charge is 1.97. The molecule has 0 aromatic carbocycles. The summed E-state index contributed by atoms with van der Waals surface area (Å²) in [5.41, 5.74) is 0.367. The standard InChI is InChI=1S/C5H3ClN2O/c6-5(9)4-1-2-7-8-3-4/h1-3H. The zero-order valence-corrected chi connectivity index (χ0v) is 5.17. The Bertz CT molecular complexity index is 211. The van der Waals surface area contributed by atoms with E-state index in [9.17, 15) is 4.79 Å². The molecule has 0 aliphatic heterocycles. The first-order chi connectivity index (χ1) is 4.30. The van der Waals surface area contributed by atoms with E-state index >= 15 is 0 Å². The van der Waals surface area contributed by atoms with Gasteiger partial charge < -0.3 is 0 Å². The van der Waals surface area contributed by atoms with Crippen molar-refractivity contribution in [2.75, 3.05) is 0 Å². The van der Waals surface area contributed by atoms with Crippen LogP contribution < -0.4 is 0 Å². The maximum absolute atomic E-state index is 10.3. The summed E-state index contributed by atoms with van der Waals surface area (Å²) >= 11 is 5.10. The predicted molar refractivity (Wildman–Crippen MR) is 32.2 cm³/mol. The van der Waals surface area contributed by atoms with Gasteiger partial charge in [0.2, 0.25) is 0 Å². The molecule has 0 bridgehead atoms. The third-order valence-electron chi connectivity index (χ3n) is 0.811. The van der Waals surface area contributed by atoms with Crippen LogP contribution in [0.2, 0.25) is 0 Å². The minimum atomic E-state index is -0.509. The molecule has 1 aromatic heterocycles. The van der Waals surface area contributed by atoms with Gasteiger partial charge in [-0.05, 0) is 17.7 Å². The maximum Gasteiger partial charge on any atom is 0.254 e. The van der Waals surface area contributed by atoms with Gasteiger partial charge in [0, 0.05) is 0 Å². The van der Waals surface area contributed by atoms with Crippen LogP contribution in [0.5, 0.6) is 0 Å². The number of halogens is 1. The molecule has 0 saturated carbocycles. The Hall–Kier alpha value is -0.960. The Balaban J connectivity index is 2.98. The van der Waals surface area contributed by atoms with E-state index in [0.717, 1.165) is 0 Å². The van der Waals surface area contributed by atoms with Gasteiger partial charge in [-0.2, -0.15) is 10.2 Å². The fraction of sp³-hybridized carbons (Fsp3) is 0. The summed E-state index contributed by atoms with van der Waals surface area (Å²) in [6.45, 7) is 0. The molecule has 0 aliphatic carbocycles. The first kappa shape index (κ1) is 6.16. The number of carbonyl (C=O) groups is 1. The van der Waals surface area contributed by atoms with Gasteiger partial charge in [0.05, 0.1) is 18.0 Å². The molecule has 0 saturated heterocycles. The van der Waals surface area contributed by atoms with Crippen LogP contribution >= 0.6 is 11.6 Å². The highest BCUT2D eigenvalue weighted by Crippen LogP contribution is 1.97. The zero-order chi connectivity index (χ0) is 6.69. The Morgan fingerprint density at radius 1 is 1.56 bits per heavy atom. The summed E-state index contributed by atoms with van der Waals surface area (Å²) in [6, 6.07) is 1.50. The lowest BCUT2D eigenvalue weighted by molar-refractivity contribution is 0.108. The Labute approximate surface area is 56.7 Å². The molecule has 1 heterocycles. The summed E-state index contributed by atoms with van der Waals surface area (Å²) in [7, 11) is 0. The average molecular weight is 143 g/mol. The first-order valence-electron chi connectivity index (χ1n) is 2.27. The summed E-state index contributed by atoms with van der Waals surface area (Å²) in [5, 5.41) is 6.41. The largest absolute Gasteiger partial charge is 0.276 e. The second kappa shape index (κ2) is 2.55. The van der Waals surface area contributed by atoms with E-state index in [1.807, 2.05) is 0 Å². The lowest BCUT2D eigenvalue weighted by Crippen LogP contribution is -1.89. The van der Waals surface area contributed by atoms with Crippen molar-refractivity contribution < 1.29 is 4.79 Å². The molecule has 1 aromatic rings. The second-order valence-corrected chi connectivity index (χ2v) is 1.75. The van der Waals surface area contributed by atoms with E-state index < -0.39 is 5.24 Å². The first-order valence-corrected chi connectivity index (χ1v) is 2.65. The van der Waals surface area contributed by atoms with Crippen LogP contribution in [-0.4, -0.2) is 15.4 Å². The zero-order valence-electron chi connectivity index (χ0n) is 4.41. The minimum absolute atomic E-state index is 0.367. The molecule has 0 spiro atoms. The van der Waals surface area contributed by atoms with Crippen LogP contribution in [0, 0.1) is 0 Å². The molecule has 9 heavy (non-hydrogen) atoms. The third-order valence-corrected chi connectivity index (χ3v) is 1.03. The van der Waals surface area contributed by atoms with E-state index in [1.54, 1.807) is 0 Å². The van der Waals surface area contributed by atoms with Crippen LogP contribution in [-0.2, 0) is 0 Å². The normalized spacial score (nSPS) is 9.00. The molecule has 3 nitrogen and oxygen atoms in total. The van der Waals surface area contributed by atoms with Crippen molar-refractivity contribution in [1.29, 1.82) is 0 Å². The maximum atomic E-state index is 10.3. The third kappa shape index (κ3) is 1.47. The van der Waals surface area contributed by atoms with E-state index in [2.05, 4.69) is 10.2 Å². The summed E-state index contributed by atoms with van der Waals surface area (Å²) in [4.78, 5) is 10.3. The number of hydrogen-bond donors (Lipinski definition) is 0. The number of rotatable bonds is 1. The summed E-state index contributed by atoms with van der Waals surface area (Å²) in [5.74, 6) is 0. The minimum Gasteiger partial charge on any atom is -0.276 e. The highest BCUT2D eigenvalue weighted by atomic mass is 35.5. The van der Waals surface area contributed by atoms with Gasteiger partial charge in [-0.1, -0.05) is 0 Å². The molecule has 0 fully saturated rings. The Morgan fingerprint density at radius 3 is 2.67 bits per heavy atom. The van der Waals surface area contributed by atoms with Crippen molar-refractivity contribution in [3.8, 4) is 0 Å². The fourth-order valence-electron chi connectivity index (χ4n) is 0.407. The Morgan fingerprint density at radius 2 is 2.33 bits per heavy atom. The smallest absolute Gasteiger partial charge is 0.254 e. The second-order valence-electron chi connectivity index (χ2n) is 1.40. The van der Waals surface area contributed by atoms with Crippen molar-refractivity contribution >= 4 is 16.8 Å². The van der Waals surface area contributed by atoms with Crippen molar-refractivity contribution in [1.82, 2.24) is 10.2 Å². The molecular formula is C5H3ClN2O. The lowest BCUT2D eigenvalue weighted by Gasteiger charge is -1.85. The molecular weight excluding hydrogens is 140 g/mol. The van der Waals surface area contributed by atoms with E-state index in [1.165, 1.54) is 18.5 Å². The van der Waals surface area contributed by atoms with Gasteiger partial charge in [-0.25, -0.2) is 0 Å². The van der Waals surface area contributed by atoms with E-state index in [-0.39, 0.29) is 0 Å². The number of hydrogen-bond acceptors (Lipinski definition) is 3. The number of carbonyl (C=O) groups excluding carboxylic acids is 1. The van der Waals surface area contributed by atoms with Crippen LogP contribution in [0.15, 0.2) is 18.5 Å². The van der Waals surface area contributed by atoms with Gasteiger partial charge in [0.1, 0.15) is 0 Å². The van der Waals surface area contributed by atoms with Gasteiger partial charge in [-0.3, -0.25) is 4.79 Å². The molecule has 46 valence electrons. The van der Waals surface area contributed by atoms with Crippen molar-refractivity contribution in [3.63, 3.8) is 0 Å². The molecule has 4 heteroatoms. The van der Waals surface area contributed by atoms with Crippen molar-refractivity contribution in [3.05, 3.63) is 24.0 Å². The van der Waals surface area contributed by atoms with E-state index in [4.69, 9.17) is 11.6 Å². The van der Waals surface area contributed by atoms with Crippen LogP contribution in [0.1, 0.15) is 10.4 Å². The predicted octanol–water partition coefficient (Wildman–Crippen LogP) is 0.856. The monoisotopic (exact) mass is 142 g/mol. The summed E-state index contributed by atoms with van der Waals surface area (Å²) in [6.07, 6.45) is 2.73. The van der Waals surface area contributed by atoms with Crippen LogP contribution in [0.4, 0.5) is 0 Å². The molecule has 0 radical (unpaired) electrons. The Kier molecular flexibility index (Phi) is 1.75.